The Morgan fingerprint density at radius 3 is 2.47 bits per heavy atom. The molecule has 2 atom stereocenters. The van der Waals surface area contributed by atoms with Crippen molar-refractivity contribution in [2.45, 2.75) is 35.8 Å². The number of alkyl halides is 1. The fourth-order valence-corrected chi connectivity index (χ4v) is 4.82. The monoisotopic (exact) mass is 301 g/mol. The Morgan fingerprint density at radius 2 is 1.84 bits per heavy atom. The minimum Gasteiger partial charge on any atom is -0.372 e. The average molecular weight is 302 g/mol. The second kappa shape index (κ2) is 5.05. The zero-order valence-corrected chi connectivity index (χ0v) is 12.0. The molecule has 4 nitrogen and oxygen atoms in total. The topological polar surface area (TPSA) is 46.6 Å². The van der Waals surface area contributed by atoms with Gasteiger partial charge in [0, 0.05) is 19.0 Å². The van der Waals surface area contributed by atoms with E-state index in [0.717, 1.165) is 12.8 Å². The number of ether oxygens (including phenoxy) is 1. The first-order valence-corrected chi connectivity index (χ1v) is 8.38. The number of hydrogen-bond donors (Lipinski definition) is 0. The third kappa shape index (κ3) is 2.40. The maximum absolute atomic E-state index is 12.7. The Bertz CT molecular complexity index is 563. The first-order valence-electron chi connectivity index (χ1n) is 6.41. The molecule has 2 unspecified atom stereocenters. The Kier molecular flexibility index (Phi) is 3.55. The lowest BCUT2D eigenvalue weighted by molar-refractivity contribution is -0.0114. The van der Waals surface area contributed by atoms with Crippen molar-refractivity contribution in [1.82, 2.24) is 4.31 Å². The zero-order valence-electron chi connectivity index (χ0n) is 10.5. The maximum Gasteiger partial charge on any atom is 0.243 e. The standard InChI is InChI=1S/C13H16ClNO3S/c14-7-10-3-1-2-4-13(10)19(16,17)15-8-11-5-6-12(9-15)18-11/h1-4,11-12H,5-9H2. The third-order valence-electron chi connectivity index (χ3n) is 3.74. The largest absolute Gasteiger partial charge is 0.372 e. The Balaban J connectivity index is 1.94. The highest BCUT2D eigenvalue weighted by molar-refractivity contribution is 7.89. The highest BCUT2D eigenvalue weighted by Gasteiger charge is 2.39. The smallest absolute Gasteiger partial charge is 0.243 e. The number of halogens is 1. The van der Waals surface area contributed by atoms with Gasteiger partial charge >= 0.3 is 0 Å². The number of sulfonamides is 1. The summed E-state index contributed by atoms with van der Waals surface area (Å²) < 4.78 is 32.6. The highest BCUT2D eigenvalue weighted by atomic mass is 35.5. The molecule has 0 saturated carbocycles. The van der Waals surface area contributed by atoms with Crippen molar-refractivity contribution < 1.29 is 13.2 Å². The fraction of sp³-hybridized carbons (Fsp3) is 0.538. The average Bonchev–Trinajstić information content (AvgIpc) is 2.77. The molecule has 0 amide bonds. The molecule has 2 bridgehead atoms. The molecule has 6 heteroatoms. The van der Waals surface area contributed by atoms with Gasteiger partial charge in [-0.3, -0.25) is 0 Å². The Morgan fingerprint density at radius 1 is 1.21 bits per heavy atom. The summed E-state index contributed by atoms with van der Waals surface area (Å²) in [5.41, 5.74) is 0.656. The third-order valence-corrected chi connectivity index (χ3v) is 5.96. The summed E-state index contributed by atoms with van der Waals surface area (Å²) in [5, 5.41) is 0. The zero-order chi connectivity index (χ0) is 13.5. The van der Waals surface area contributed by atoms with Crippen LogP contribution < -0.4 is 0 Å². The van der Waals surface area contributed by atoms with Gasteiger partial charge in [-0.25, -0.2) is 8.42 Å². The Hall–Kier alpha value is -0.620. The van der Waals surface area contributed by atoms with E-state index < -0.39 is 10.0 Å². The second-order valence-electron chi connectivity index (χ2n) is 5.02. The lowest BCUT2D eigenvalue weighted by Crippen LogP contribution is -2.45. The predicted molar refractivity (Wildman–Crippen MR) is 72.7 cm³/mol. The molecule has 1 aromatic carbocycles. The molecule has 2 saturated heterocycles. The van der Waals surface area contributed by atoms with Crippen LogP contribution in [0.1, 0.15) is 18.4 Å². The van der Waals surface area contributed by atoms with Crippen LogP contribution in [0.3, 0.4) is 0 Å². The molecule has 2 aliphatic rings. The SMILES string of the molecule is O=S(=O)(c1ccccc1CCl)N1CC2CCC(C1)O2. The van der Waals surface area contributed by atoms with Crippen LogP contribution in [-0.4, -0.2) is 38.0 Å². The van der Waals surface area contributed by atoms with Crippen molar-refractivity contribution in [3.8, 4) is 0 Å². The van der Waals surface area contributed by atoms with Crippen molar-refractivity contribution in [2.75, 3.05) is 13.1 Å². The number of nitrogens with zero attached hydrogens (tertiary/aromatic N) is 1. The number of benzene rings is 1. The minimum absolute atomic E-state index is 0.0525. The molecular weight excluding hydrogens is 286 g/mol. The molecule has 0 N–H and O–H groups in total. The van der Waals surface area contributed by atoms with Gasteiger partial charge in [0.1, 0.15) is 0 Å². The summed E-state index contributed by atoms with van der Waals surface area (Å²) in [7, 11) is -3.46. The summed E-state index contributed by atoms with van der Waals surface area (Å²) in [6.45, 7) is 0.908. The van der Waals surface area contributed by atoms with Crippen LogP contribution in [-0.2, 0) is 20.6 Å². The van der Waals surface area contributed by atoms with Crippen molar-refractivity contribution in [1.29, 1.82) is 0 Å². The Labute approximate surface area is 118 Å². The fourth-order valence-electron chi connectivity index (χ4n) is 2.78. The van der Waals surface area contributed by atoms with Gasteiger partial charge in [-0.05, 0) is 24.5 Å². The van der Waals surface area contributed by atoms with Crippen LogP contribution in [0.15, 0.2) is 29.2 Å². The van der Waals surface area contributed by atoms with Gasteiger partial charge in [0.25, 0.3) is 0 Å². The van der Waals surface area contributed by atoms with E-state index in [1.807, 2.05) is 0 Å². The van der Waals surface area contributed by atoms with E-state index in [4.69, 9.17) is 16.3 Å². The van der Waals surface area contributed by atoms with Crippen molar-refractivity contribution in [3.63, 3.8) is 0 Å². The number of rotatable bonds is 3. The van der Waals surface area contributed by atoms with Crippen LogP contribution in [0, 0.1) is 0 Å². The quantitative estimate of drug-likeness (QED) is 0.802. The first kappa shape index (κ1) is 13.4. The number of fused-ring (bicyclic) bond motifs is 2. The van der Waals surface area contributed by atoms with Crippen LogP contribution in [0.4, 0.5) is 0 Å². The van der Waals surface area contributed by atoms with E-state index in [9.17, 15) is 8.42 Å². The van der Waals surface area contributed by atoms with Gasteiger partial charge < -0.3 is 4.74 Å². The van der Waals surface area contributed by atoms with E-state index >= 15 is 0 Å². The molecule has 0 spiro atoms. The van der Waals surface area contributed by atoms with Gasteiger partial charge in [-0.15, -0.1) is 11.6 Å². The molecule has 2 aliphatic heterocycles. The molecule has 3 rings (SSSR count). The van der Waals surface area contributed by atoms with Crippen molar-refractivity contribution in [2.24, 2.45) is 0 Å². The van der Waals surface area contributed by atoms with E-state index in [1.165, 1.54) is 0 Å². The van der Waals surface area contributed by atoms with Gasteiger partial charge in [-0.1, -0.05) is 18.2 Å². The molecule has 2 heterocycles. The summed E-state index contributed by atoms with van der Waals surface area (Å²) in [6, 6.07) is 6.93. The van der Waals surface area contributed by atoms with Gasteiger partial charge in [-0.2, -0.15) is 4.31 Å². The number of hydrogen-bond acceptors (Lipinski definition) is 3. The molecule has 1 aromatic rings. The van der Waals surface area contributed by atoms with Crippen molar-refractivity contribution >= 4 is 21.6 Å². The maximum atomic E-state index is 12.7. The van der Waals surface area contributed by atoms with Gasteiger partial charge in [0.2, 0.25) is 10.0 Å². The summed E-state index contributed by atoms with van der Waals surface area (Å²) in [6.07, 6.45) is 2.01. The van der Waals surface area contributed by atoms with Gasteiger partial charge in [0.15, 0.2) is 0 Å². The molecule has 19 heavy (non-hydrogen) atoms. The molecule has 0 aromatic heterocycles. The van der Waals surface area contributed by atoms with Crippen LogP contribution in [0.25, 0.3) is 0 Å². The summed E-state index contributed by atoms with van der Waals surface area (Å²) in [5.74, 6) is 0.201. The molecular formula is C13H16ClNO3S. The molecule has 104 valence electrons. The second-order valence-corrected chi connectivity index (χ2v) is 7.19. The summed E-state index contributed by atoms with van der Waals surface area (Å²) >= 11 is 5.84. The first-order chi connectivity index (χ1) is 9.11. The van der Waals surface area contributed by atoms with Crippen molar-refractivity contribution in [3.05, 3.63) is 29.8 Å². The number of morpholine rings is 1. The van der Waals surface area contributed by atoms with E-state index in [0.29, 0.717) is 23.5 Å². The normalized spacial score (nSPS) is 27.6. The van der Waals surface area contributed by atoms with Crippen LogP contribution in [0.2, 0.25) is 0 Å². The molecule has 0 radical (unpaired) electrons. The minimum atomic E-state index is -3.46. The lowest BCUT2D eigenvalue weighted by Gasteiger charge is -2.31. The van der Waals surface area contributed by atoms with E-state index in [-0.39, 0.29) is 18.1 Å². The molecule has 0 aliphatic carbocycles. The predicted octanol–water partition coefficient (Wildman–Crippen LogP) is 1.98. The van der Waals surface area contributed by atoms with E-state index in [2.05, 4.69) is 0 Å². The van der Waals surface area contributed by atoms with Crippen LogP contribution >= 0.6 is 11.6 Å². The van der Waals surface area contributed by atoms with E-state index in [1.54, 1.807) is 28.6 Å². The van der Waals surface area contributed by atoms with Crippen LogP contribution in [0.5, 0.6) is 0 Å². The summed E-state index contributed by atoms with van der Waals surface area (Å²) in [4.78, 5) is 0.325. The van der Waals surface area contributed by atoms with Gasteiger partial charge in [0.05, 0.1) is 17.1 Å². The lowest BCUT2D eigenvalue weighted by atomic mass is 10.2. The molecule has 2 fully saturated rings. The highest BCUT2D eigenvalue weighted by Crippen LogP contribution is 2.31.